The molecule has 1 aliphatic heterocycles. The van der Waals surface area contributed by atoms with Crippen molar-refractivity contribution in [1.29, 1.82) is 0 Å². The Labute approximate surface area is 192 Å². The predicted molar refractivity (Wildman–Crippen MR) is 121 cm³/mol. The molecule has 0 bridgehead atoms. The van der Waals surface area contributed by atoms with Gasteiger partial charge < -0.3 is 14.6 Å². The van der Waals surface area contributed by atoms with Crippen LogP contribution in [0.5, 0.6) is 0 Å². The zero-order valence-electron chi connectivity index (χ0n) is 18.1. The zero-order chi connectivity index (χ0) is 24.2. The number of amides is 1. The Morgan fingerprint density at radius 3 is 2.38 bits per heavy atom. The molecule has 0 aliphatic carbocycles. The normalized spacial score (nSPS) is 13.8. The third kappa shape index (κ3) is 3.63. The Kier molecular flexibility index (Phi) is 5.00. The molecule has 1 amide bonds. The first-order valence-electron chi connectivity index (χ1n) is 10.6. The Balaban J connectivity index is 1.50. The molecule has 5 rings (SSSR count). The van der Waals surface area contributed by atoms with E-state index in [1.165, 1.54) is 27.7 Å². The topological polar surface area (TPSA) is 67.5 Å². The smallest absolute Gasteiger partial charge is 0.416 e. The van der Waals surface area contributed by atoms with Crippen molar-refractivity contribution in [3.63, 3.8) is 0 Å². The van der Waals surface area contributed by atoms with Gasteiger partial charge in [-0.3, -0.25) is 9.36 Å². The standard InChI is InChI=1S/C25H20F3N3O3/c1-29-21-13-18(6-7-19(21)20-9-10-30(24(33)34)14-22(20)29)31-11-8-16(12-23(31)32)15-2-4-17(5-3-15)25(26,27)28/h2-8,11-13H,9-10,14H2,1H3,(H,33,34). The van der Waals surface area contributed by atoms with Crippen molar-refractivity contribution >= 4 is 17.0 Å². The lowest BCUT2D eigenvalue weighted by Gasteiger charge is -2.25. The molecule has 0 atom stereocenters. The molecule has 0 saturated carbocycles. The number of alkyl halides is 3. The van der Waals surface area contributed by atoms with Crippen molar-refractivity contribution in [2.24, 2.45) is 7.05 Å². The first-order chi connectivity index (χ1) is 16.1. The fraction of sp³-hybridized carbons (Fsp3) is 0.200. The molecule has 6 nitrogen and oxygen atoms in total. The van der Waals surface area contributed by atoms with E-state index in [1.54, 1.807) is 12.3 Å². The fourth-order valence-corrected chi connectivity index (χ4v) is 4.58. The lowest BCUT2D eigenvalue weighted by molar-refractivity contribution is -0.137. The molecule has 0 spiro atoms. The molecular weight excluding hydrogens is 447 g/mol. The van der Waals surface area contributed by atoms with Gasteiger partial charge in [-0.05, 0) is 53.4 Å². The number of aromatic nitrogens is 2. The van der Waals surface area contributed by atoms with Crippen LogP contribution in [0, 0.1) is 0 Å². The van der Waals surface area contributed by atoms with E-state index in [2.05, 4.69) is 0 Å². The first kappa shape index (κ1) is 21.8. The van der Waals surface area contributed by atoms with Crippen LogP contribution in [0.1, 0.15) is 16.8 Å². The molecule has 0 unspecified atom stereocenters. The van der Waals surface area contributed by atoms with Crippen LogP contribution < -0.4 is 5.56 Å². The van der Waals surface area contributed by atoms with Gasteiger partial charge in [0.1, 0.15) is 0 Å². The Morgan fingerprint density at radius 1 is 1.00 bits per heavy atom. The maximum absolute atomic E-state index is 12.9. The van der Waals surface area contributed by atoms with Crippen molar-refractivity contribution < 1.29 is 23.1 Å². The molecule has 34 heavy (non-hydrogen) atoms. The molecule has 174 valence electrons. The number of hydrogen-bond donors (Lipinski definition) is 1. The summed E-state index contributed by atoms with van der Waals surface area (Å²) in [6.45, 7) is 0.751. The molecule has 1 aliphatic rings. The van der Waals surface area contributed by atoms with Crippen LogP contribution in [0.2, 0.25) is 0 Å². The third-order valence-electron chi connectivity index (χ3n) is 6.41. The highest BCUT2D eigenvalue weighted by Crippen LogP contribution is 2.32. The van der Waals surface area contributed by atoms with Gasteiger partial charge in [0.2, 0.25) is 0 Å². The van der Waals surface area contributed by atoms with Crippen molar-refractivity contribution in [1.82, 2.24) is 14.0 Å². The Hall–Kier alpha value is -4.01. The molecule has 0 radical (unpaired) electrons. The minimum absolute atomic E-state index is 0.312. The van der Waals surface area contributed by atoms with Crippen molar-refractivity contribution in [3.05, 3.63) is 88.0 Å². The van der Waals surface area contributed by atoms with Gasteiger partial charge >= 0.3 is 12.3 Å². The summed E-state index contributed by atoms with van der Waals surface area (Å²) in [5.41, 5.74) is 3.59. The summed E-state index contributed by atoms with van der Waals surface area (Å²) in [6.07, 6.45) is -3.13. The quantitative estimate of drug-likeness (QED) is 0.449. The fourth-order valence-electron chi connectivity index (χ4n) is 4.58. The highest BCUT2D eigenvalue weighted by Gasteiger charge is 2.30. The van der Waals surface area contributed by atoms with Crippen LogP contribution in [0.25, 0.3) is 27.7 Å². The summed E-state index contributed by atoms with van der Waals surface area (Å²) < 4.78 is 41.9. The SMILES string of the molecule is Cn1c2c(c3ccc(-n4ccc(-c5ccc(C(F)(F)F)cc5)cc4=O)cc31)CCN(C(=O)O)C2. The number of benzene rings is 2. The van der Waals surface area contributed by atoms with E-state index in [9.17, 15) is 27.9 Å². The number of rotatable bonds is 2. The molecule has 9 heteroatoms. The van der Waals surface area contributed by atoms with Gasteiger partial charge in [-0.1, -0.05) is 18.2 Å². The third-order valence-corrected chi connectivity index (χ3v) is 6.41. The lowest BCUT2D eigenvalue weighted by Crippen LogP contribution is -2.35. The highest BCUT2D eigenvalue weighted by atomic mass is 19.4. The maximum atomic E-state index is 12.9. The summed E-state index contributed by atoms with van der Waals surface area (Å²) in [7, 11) is 1.88. The second-order valence-corrected chi connectivity index (χ2v) is 8.34. The molecule has 3 heterocycles. The second kappa shape index (κ2) is 7.79. The molecule has 1 N–H and O–H groups in total. The summed E-state index contributed by atoms with van der Waals surface area (Å²) in [5, 5.41) is 10.4. The zero-order valence-corrected chi connectivity index (χ0v) is 18.1. The predicted octanol–water partition coefficient (Wildman–Crippen LogP) is 5.05. The minimum Gasteiger partial charge on any atom is -0.465 e. The number of carboxylic acid groups (broad SMARTS) is 1. The van der Waals surface area contributed by atoms with Gasteiger partial charge in [-0.15, -0.1) is 0 Å². The van der Waals surface area contributed by atoms with Gasteiger partial charge in [0.05, 0.1) is 23.3 Å². The molecule has 0 fully saturated rings. The number of pyridine rings is 1. The van der Waals surface area contributed by atoms with E-state index in [0.29, 0.717) is 36.3 Å². The van der Waals surface area contributed by atoms with Gasteiger partial charge in [0.25, 0.3) is 5.56 Å². The summed E-state index contributed by atoms with van der Waals surface area (Å²) in [4.78, 5) is 25.6. The van der Waals surface area contributed by atoms with Gasteiger partial charge in [-0.2, -0.15) is 13.2 Å². The number of aryl methyl sites for hydroxylation is 1. The minimum atomic E-state index is -4.41. The average Bonchev–Trinajstić information content (AvgIpc) is 3.09. The number of hydrogen-bond acceptors (Lipinski definition) is 2. The highest BCUT2D eigenvalue weighted by molar-refractivity contribution is 5.88. The average molecular weight is 467 g/mol. The van der Waals surface area contributed by atoms with Crippen molar-refractivity contribution in [2.75, 3.05) is 6.54 Å². The van der Waals surface area contributed by atoms with Crippen LogP contribution in [-0.4, -0.2) is 31.8 Å². The number of nitrogens with zero attached hydrogens (tertiary/aromatic N) is 3. The molecule has 0 saturated heterocycles. The van der Waals surface area contributed by atoms with E-state index in [0.717, 1.165) is 34.3 Å². The summed E-state index contributed by atoms with van der Waals surface area (Å²) in [6, 6.07) is 13.4. The maximum Gasteiger partial charge on any atom is 0.416 e. The molecule has 4 aromatic rings. The second-order valence-electron chi connectivity index (χ2n) is 8.34. The van der Waals surface area contributed by atoms with E-state index >= 15 is 0 Å². The van der Waals surface area contributed by atoms with Gasteiger partial charge in [-0.25, -0.2) is 4.79 Å². The Morgan fingerprint density at radius 2 is 1.74 bits per heavy atom. The Bertz CT molecular complexity index is 1480. The largest absolute Gasteiger partial charge is 0.465 e. The monoisotopic (exact) mass is 467 g/mol. The van der Waals surface area contributed by atoms with Crippen molar-refractivity contribution in [3.8, 4) is 16.8 Å². The number of halogens is 3. The lowest BCUT2D eigenvalue weighted by atomic mass is 10.0. The number of carbonyl (C=O) groups is 1. The van der Waals surface area contributed by atoms with Crippen LogP contribution in [-0.2, 0) is 26.2 Å². The van der Waals surface area contributed by atoms with E-state index in [1.807, 2.05) is 29.8 Å². The van der Waals surface area contributed by atoms with Crippen LogP contribution in [0.4, 0.5) is 18.0 Å². The van der Waals surface area contributed by atoms with E-state index < -0.39 is 17.8 Å². The van der Waals surface area contributed by atoms with E-state index in [-0.39, 0.29) is 5.56 Å². The van der Waals surface area contributed by atoms with Crippen LogP contribution in [0.3, 0.4) is 0 Å². The van der Waals surface area contributed by atoms with E-state index in [4.69, 9.17) is 0 Å². The van der Waals surface area contributed by atoms with Gasteiger partial charge in [0.15, 0.2) is 0 Å². The van der Waals surface area contributed by atoms with Crippen molar-refractivity contribution in [2.45, 2.75) is 19.1 Å². The molecule has 2 aromatic carbocycles. The molecule has 2 aromatic heterocycles. The van der Waals surface area contributed by atoms with Crippen LogP contribution in [0.15, 0.2) is 65.6 Å². The number of fused-ring (bicyclic) bond motifs is 3. The summed E-state index contributed by atoms with van der Waals surface area (Å²) >= 11 is 0. The van der Waals surface area contributed by atoms with Crippen LogP contribution >= 0.6 is 0 Å². The summed E-state index contributed by atoms with van der Waals surface area (Å²) in [5.74, 6) is 0. The first-order valence-corrected chi connectivity index (χ1v) is 10.6. The van der Waals surface area contributed by atoms with Gasteiger partial charge in [0, 0.05) is 36.9 Å². The molecular formula is C25H20F3N3O3.